The minimum Gasteiger partial charge on any atom is -0.497 e. The average molecular weight is 609 g/mol. The molecule has 2 aromatic carbocycles. The van der Waals surface area contributed by atoms with Gasteiger partial charge < -0.3 is 33.5 Å². The van der Waals surface area contributed by atoms with Gasteiger partial charge in [-0.05, 0) is 81.3 Å². The summed E-state index contributed by atoms with van der Waals surface area (Å²) in [6.07, 6.45) is 4.14. The van der Waals surface area contributed by atoms with Crippen molar-refractivity contribution in [3.8, 4) is 11.5 Å². The summed E-state index contributed by atoms with van der Waals surface area (Å²) < 4.78 is 33.6. The molecule has 0 radical (unpaired) electrons. The molecule has 10 heteroatoms. The van der Waals surface area contributed by atoms with Crippen molar-refractivity contribution in [2.24, 2.45) is 5.92 Å². The highest BCUT2D eigenvalue weighted by atomic mass is 19.1. The topological polar surface area (TPSA) is 76.5 Å². The van der Waals surface area contributed by atoms with Crippen LogP contribution in [0.4, 0.5) is 14.0 Å². The molecule has 1 fully saturated rings. The third kappa shape index (κ3) is 6.89. The largest absolute Gasteiger partial charge is 0.497 e. The van der Waals surface area contributed by atoms with Crippen LogP contribution < -0.4 is 9.47 Å². The number of carbonyl (C=O) groups is 2. The highest BCUT2D eigenvalue weighted by Gasteiger charge is 2.32. The van der Waals surface area contributed by atoms with Crippen LogP contribution in [0.1, 0.15) is 57.2 Å². The SMILES string of the molecule is CCc1cn2c3c(cc(F)cc13)CN(C(=O)N(Cc1ccc(OC)cc1OC)CC1CCN(C(=O)OC(C)(C)C)CC1)CC2. The van der Waals surface area contributed by atoms with Gasteiger partial charge in [0.2, 0.25) is 0 Å². The number of halogens is 1. The second kappa shape index (κ2) is 13.0. The number of hydrogen-bond acceptors (Lipinski definition) is 5. The summed E-state index contributed by atoms with van der Waals surface area (Å²) in [6.45, 7) is 11.2. The smallest absolute Gasteiger partial charge is 0.410 e. The lowest BCUT2D eigenvalue weighted by Crippen LogP contribution is -2.47. The summed E-state index contributed by atoms with van der Waals surface area (Å²) in [5.74, 6) is 1.24. The quantitative estimate of drug-likeness (QED) is 0.308. The first-order valence-electron chi connectivity index (χ1n) is 15.5. The molecule has 0 saturated carbocycles. The van der Waals surface area contributed by atoms with Gasteiger partial charge in [0.15, 0.2) is 0 Å². The maximum Gasteiger partial charge on any atom is 0.410 e. The van der Waals surface area contributed by atoms with Crippen molar-refractivity contribution in [1.82, 2.24) is 19.3 Å². The van der Waals surface area contributed by atoms with Gasteiger partial charge in [-0.1, -0.05) is 6.92 Å². The Bertz CT molecular complexity index is 1510. The zero-order valence-electron chi connectivity index (χ0n) is 26.8. The molecule has 0 unspecified atom stereocenters. The lowest BCUT2D eigenvalue weighted by molar-refractivity contribution is 0.0170. The molecule has 44 heavy (non-hydrogen) atoms. The van der Waals surface area contributed by atoms with Gasteiger partial charge in [0.1, 0.15) is 22.9 Å². The van der Waals surface area contributed by atoms with E-state index in [0.717, 1.165) is 46.9 Å². The number of aromatic nitrogens is 1. The van der Waals surface area contributed by atoms with Gasteiger partial charge in [0.05, 0.1) is 26.3 Å². The normalized spacial score (nSPS) is 15.7. The molecular formula is C34H45FN4O5. The van der Waals surface area contributed by atoms with Crippen molar-refractivity contribution in [3.63, 3.8) is 0 Å². The first-order valence-corrected chi connectivity index (χ1v) is 15.5. The van der Waals surface area contributed by atoms with Gasteiger partial charge in [0, 0.05) is 62.5 Å². The number of ether oxygens (including phenoxy) is 3. The zero-order valence-corrected chi connectivity index (χ0v) is 26.8. The first kappa shape index (κ1) is 31.5. The number of nitrogens with zero attached hydrogens (tertiary/aromatic N) is 4. The monoisotopic (exact) mass is 608 g/mol. The van der Waals surface area contributed by atoms with E-state index in [-0.39, 0.29) is 23.9 Å². The highest BCUT2D eigenvalue weighted by molar-refractivity contribution is 5.88. The zero-order chi connectivity index (χ0) is 31.6. The molecule has 0 spiro atoms. The molecule has 9 nitrogen and oxygen atoms in total. The van der Waals surface area contributed by atoms with E-state index in [4.69, 9.17) is 14.2 Å². The molecule has 238 valence electrons. The molecule has 5 rings (SSSR count). The van der Waals surface area contributed by atoms with Crippen LogP contribution >= 0.6 is 0 Å². The standard InChI is InChI=1S/C34H45FN4O5/c1-7-24-20-37-14-15-38(22-26-16-27(35)17-29(24)31(26)37)32(40)39(21-25-8-9-28(42-5)18-30(25)43-6)19-23-10-12-36(13-11-23)33(41)44-34(2,3)4/h8-9,16-18,20,23H,7,10-15,19,21-22H2,1-6H3. The van der Waals surface area contributed by atoms with Crippen LogP contribution in [0, 0.1) is 11.7 Å². The van der Waals surface area contributed by atoms with Crippen molar-refractivity contribution in [2.45, 2.75) is 72.2 Å². The van der Waals surface area contributed by atoms with Crippen LogP contribution in [0.2, 0.25) is 0 Å². The van der Waals surface area contributed by atoms with E-state index in [1.807, 2.05) is 48.8 Å². The second-order valence-corrected chi connectivity index (χ2v) is 12.8. The average Bonchev–Trinajstić information content (AvgIpc) is 3.24. The minimum absolute atomic E-state index is 0.101. The summed E-state index contributed by atoms with van der Waals surface area (Å²) >= 11 is 0. The first-order chi connectivity index (χ1) is 21.0. The van der Waals surface area contributed by atoms with Crippen molar-refractivity contribution in [1.29, 1.82) is 0 Å². The molecule has 3 aromatic rings. The Morgan fingerprint density at radius 3 is 2.39 bits per heavy atom. The van der Waals surface area contributed by atoms with Crippen molar-refractivity contribution >= 4 is 23.0 Å². The number of likely N-dealkylation sites (tertiary alicyclic amines) is 1. The van der Waals surface area contributed by atoms with Gasteiger partial charge in [0.25, 0.3) is 0 Å². The Kier molecular flexibility index (Phi) is 9.27. The minimum atomic E-state index is -0.548. The summed E-state index contributed by atoms with van der Waals surface area (Å²) in [4.78, 5) is 32.5. The molecule has 0 atom stereocenters. The van der Waals surface area contributed by atoms with E-state index < -0.39 is 5.60 Å². The van der Waals surface area contributed by atoms with Gasteiger partial charge in [-0.25, -0.2) is 14.0 Å². The summed E-state index contributed by atoms with van der Waals surface area (Å²) in [5, 5.41) is 0.924. The number of carbonyl (C=O) groups excluding carboxylic acids is 2. The number of aryl methyl sites for hydroxylation is 1. The Balaban J connectivity index is 1.38. The van der Waals surface area contributed by atoms with Crippen molar-refractivity contribution < 1.29 is 28.2 Å². The molecular weight excluding hydrogens is 563 g/mol. The molecule has 2 aliphatic heterocycles. The number of rotatable bonds is 7. The second-order valence-electron chi connectivity index (χ2n) is 12.8. The number of amides is 3. The molecule has 0 N–H and O–H groups in total. The fourth-order valence-electron chi connectivity index (χ4n) is 6.35. The van der Waals surface area contributed by atoms with E-state index in [0.29, 0.717) is 57.3 Å². The van der Waals surface area contributed by atoms with Gasteiger partial charge in [-0.2, -0.15) is 0 Å². The fourth-order valence-corrected chi connectivity index (χ4v) is 6.35. The Morgan fingerprint density at radius 1 is 0.977 bits per heavy atom. The summed E-state index contributed by atoms with van der Waals surface area (Å²) in [5.41, 5.74) is 3.27. The van der Waals surface area contributed by atoms with E-state index in [2.05, 4.69) is 17.7 Å². The number of piperidine rings is 1. The van der Waals surface area contributed by atoms with Crippen molar-refractivity contribution in [3.05, 3.63) is 59.0 Å². The third-order valence-corrected chi connectivity index (χ3v) is 8.59. The summed E-state index contributed by atoms with van der Waals surface area (Å²) in [7, 11) is 3.22. The highest BCUT2D eigenvalue weighted by Crippen LogP contribution is 2.32. The molecule has 3 heterocycles. The number of urea groups is 1. The Labute approximate surface area is 259 Å². The number of benzene rings is 2. The van der Waals surface area contributed by atoms with E-state index in [9.17, 15) is 14.0 Å². The lowest BCUT2D eigenvalue weighted by atomic mass is 9.96. The van der Waals surface area contributed by atoms with Crippen LogP contribution in [-0.2, 0) is 30.8 Å². The molecule has 0 aliphatic carbocycles. The lowest BCUT2D eigenvalue weighted by Gasteiger charge is -2.37. The van der Waals surface area contributed by atoms with Crippen molar-refractivity contribution in [2.75, 3.05) is 40.4 Å². The summed E-state index contributed by atoms with van der Waals surface area (Å²) in [6, 6.07) is 8.69. The van der Waals surface area contributed by atoms with Gasteiger partial charge >= 0.3 is 12.1 Å². The number of hydrogen-bond donors (Lipinski definition) is 0. The Morgan fingerprint density at radius 2 is 1.73 bits per heavy atom. The Hall–Kier alpha value is -3.95. The van der Waals surface area contributed by atoms with Gasteiger partial charge in [-0.15, -0.1) is 0 Å². The maximum absolute atomic E-state index is 14.8. The molecule has 1 saturated heterocycles. The van der Waals surface area contributed by atoms with Crippen LogP contribution in [0.25, 0.3) is 10.9 Å². The number of methoxy groups -OCH3 is 2. The molecule has 1 aromatic heterocycles. The van der Waals surface area contributed by atoms with E-state index >= 15 is 0 Å². The van der Waals surface area contributed by atoms with Crippen LogP contribution in [-0.4, -0.2) is 77.4 Å². The molecule has 0 bridgehead atoms. The van der Waals surface area contributed by atoms with Crippen LogP contribution in [0.5, 0.6) is 11.5 Å². The maximum atomic E-state index is 14.8. The van der Waals surface area contributed by atoms with E-state index in [1.165, 1.54) is 0 Å². The predicted molar refractivity (Wildman–Crippen MR) is 168 cm³/mol. The predicted octanol–water partition coefficient (Wildman–Crippen LogP) is 6.44. The molecule has 2 aliphatic rings. The third-order valence-electron chi connectivity index (χ3n) is 8.59. The van der Waals surface area contributed by atoms with Crippen LogP contribution in [0.3, 0.4) is 0 Å². The van der Waals surface area contributed by atoms with Crippen LogP contribution in [0.15, 0.2) is 36.5 Å². The fraction of sp³-hybridized carbons (Fsp3) is 0.529. The molecule has 3 amide bonds. The van der Waals surface area contributed by atoms with E-state index in [1.54, 1.807) is 31.3 Å². The van der Waals surface area contributed by atoms with Gasteiger partial charge in [-0.3, -0.25) is 0 Å².